The van der Waals surface area contributed by atoms with Gasteiger partial charge in [-0.15, -0.1) is 0 Å². The van der Waals surface area contributed by atoms with Crippen LogP contribution in [-0.4, -0.2) is 53.2 Å². The van der Waals surface area contributed by atoms with E-state index in [-0.39, 0.29) is 11.1 Å². The molecule has 12 nitrogen and oxygen atoms in total. The van der Waals surface area contributed by atoms with Gasteiger partial charge in [-0.05, 0) is 62.7 Å². The standard InChI is InChI=1S/C32H30N8O4/c1-5-44-24-15-14-19(16-25(24)43-4)28(26-17(2)37-39(29(26)41)31-33-20-10-6-7-11-21(20)34-31)27-18(3)38-40(30(27)42)32-35-22-12-8-9-13-23(22)36-32/h6-16,28,37-38H,5H2,1-4H3,(H,33,34)(H,35,36). The largest absolute Gasteiger partial charge is 0.493 e. The van der Waals surface area contributed by atoms with Crippen LogP contribution in [0.3, 0.4) is 0 Å². The third-order valence-corrected chi connectivity index (χ3v) is 7.81. The number of nitrogens with one attached hydrogen (secondary N) is 4. The summed E-state index contributed by atoms with van der Waals surface area (Å²) in [6.07, 6.45) is 0. The van der Waals surface area contributed by atoms with Gasteiger partial charge in [0, 0.05) is 17.3 Å². The number of rotatable bonds is 8. The summed E-state index contributed by atoms with van der Waals surface area (Å²) in [6, 6.07) is 20.6. The Labute approximate surface area is 250 Å². The summed E-state index contributed by atoms with van der Waals surface area (Å²) in [4.78, 5) is 44.2. The van der Waals surface area contributed by atoms with Gasteiger partial charge in [-0.3, -0.25) is 19.8 Å². The van der Waals surface area contributed by atoms with Crippen molar-refractivity contribution in [3.8, 4) is 23.4 Å². The summed E-state index contributed by atoms with van der Waals surface area (Å²) >= 11 is 0. The highest BCUT2D eigenvalue weighted by atomic mass is 16.5. The van der Waals surface area contributed by atoms with E-state index in [4.69, 9.17) is 9.47 Å². The van der Waals surface area contributed by atoms with Crippen molar-refractivity contribution < 1.29 is 9.47 Å². The molecule has 222 valence electrons. The predicted octanol–water partition coefficient (Wildman–Crippen LogP) is 4.60. The number of H-pyrrole nitrogens is 4. The number of ether oxygens (including phenoxy) is 2. The minimum Gasteiger partial charge on any atom is -0.493 e. The molecule has 4 N–H and O–H groups in total. The van der Waals surface area contributed by atoms with Gasteiger partial charge in [0.2, 0.25) is 11.9 Å². The lowest BCUT2D eigenvalue weighted by Crippen LogP contribution is -2.26. The molecule has 3 aromatic carbocycles. The van der Waals surface area contributed by atoms with E-state index in [1.165, 1.54) is 9.36 Å². The van der Waals surface area contributed by atoms with Crippen LogP contribution in [-0.2, 0) is 0 Å². The van der Waals surface area contributed by atoms with Crippen molar-refractivity contribution in [2.75, 3.05) is 13.7 Å². The Morgan fingerprint density at radius 1 is 0.750 bits per heavy atom. The van der Waals surface area contributed by atoms with E-state index >= 15 is 0 Å². The van der Waals surface area contributed by atoms with Gasteiger partial charge in [0.1, 0.15) is 0 Å². The van der Waals surface area contributed by atoms with E-state index < -0.39 is 5.92 Å². The molecule has 44 heavy (non-hydrogen) atoms. The maximum Gasteiger partial charge on any atom is 0.278 e. The summed E-state index contributed by atoms with van der Waals surface area (Å²) in [7, 11) is 1.56. The lowest BCUT2D eigenvalue weighted by molar-refractivity contribution is 0.310. The highest BCUT2D eigenvalue weighted by Gasteiger charge is 2.32. The molecule has 0 saturated carbocycles. The maximum atomic E-state index is 14.3. The van der Waals surface area contributed by atoms with Gasteiger partial charge in [0.05, 0.1) is 46.9 Å². The van der Waals surface area contributed by atoms with Crippen LogP contribution in [0.4, 0.5) is 0 Å². The zero-order valence-corrected chi connectivity index (χ0v) is 24.6. The molecule has 0 fully saturated rings. The molecule has 0 saturated heterocycles. The van der Waals surface area contributed by atoms with Crippen molar-refractivity contribution in [1.29, 1.82) is 0 Å². The van der Waals surface area contributed by atoms with Gasteiger partial charge in [0.15, 0.2) is 11.5 Å². The smallest absolute Gasteiger partial charge is 0.278 e. The van der Waals surface area contributed by atoms with Gasteiger partial charge in [-0.25, -0.2) is 9.97 Å². The summed E-state index contributed by atoms with van der Waals surface area (Å²) in [5, 5.41) is 6.37. The molecular weight excluding hydrogens is 560 g/mol. The van der Waals surface area contributed by atoms with Crippen LogP contribution in [0.25, 0.3) is 34.0 Å². The molecule has 0 aliphatic rings. The minimum atomic E-state index is -0.775. The molecule has 12 heteroatoms. The number of nitrogens with zero attached hydrogens (tertiary/aromatic N) is 4. The Balaban J connectivity index is 1.45. The highest BCUT2D eigenvalue weighted by Crippen LogP contribution is 2.37. The Bertz CT molecular complexity index is 2080. The first-order valence-electron chi connectivity index (χ1n) is 14.2. The average Bonchev–Trinajstić information content (AvgIpc) is 3.78. The summed E-state index contributed by atoms with van der Waals surface area (Å²) in [5.41, 5.74) is 5.02. The zero-order chi connectivity index (χ0) is 30.5. The molecule has 0 aliphatic heterocycles. The van der Waals surface area contributed by atoms with Crippen molar-refractivity contribution in [3.63, 3.8) is 0 Å². The second-order valence-electron chi connectivity index (χ2n) is 10.5. The van der Waals surface area contributed by atoms with Crippen molar-refractivity contribution in [1.82, 2.24) is 39.5 Å². The van der Waals surface area contributed by atoms with Crippen LogP contribution < -0.4 is 20.6 Å². The van der Waals surface area contributed by atoms with E-state index in [0.717, 1.165) is 22.1 Å². The van der Waals surface area contributed by atoms with E-state index in [1.807, 2.05) is 81.4 Å². The average molecular weight is 591 g/mol. The first-order chi connectivity index (χ1) is 21.4. The fourth-order valence-electron chi connectivity index (χ4n) is 5.80. The van der Waals surface area contributed by atoms with E-state index in [1.54, 1.807) is 13.2 Å². The monoisotopic (exact) mass is 590 g/mol. The molecule has 0 unspecified atom stereocenters. The Morgan fingerprint density at radius 2 is 1.27 bits per heavy atom. The van der Waals surface area contributed by atoms with Crippen LogP contribution >= 0.6 is 0 Å². The van der Waals surface area contributed by atoms with Crippen molar-refractivity contribution in [2.24, 2.45) is 0 Å². The quantitative estimate of drug-likeness (QED) is 0.203. The SMILES string of the molecule is CCOc1ccc(C(c2c(C)[nH]n(-c3nc4ccccc4[nH]3)c2=O)c2c(C)[nH]n(-c3nc4ccccc4[nH]3)c2=O)cc1OC. The van der Waals surface area contributed by atoms with E-state index in [0.29, 0.717) is 58.1 Å². The number of hydrogen-bond donors (Lipinski definition) is 4. The van der Waals surface area contributed by atoms with Crippen LogP contribution in [0.2, 0.25) is 0 Å². The second-order valence-corrected chi connectivity index (χ2v) is 10.5. The van der Waals surface area contributed by atoms with Gasteiger partial charge >= 0.3 is 0 Å². The van der Waals surface area contributed by atoms with E-state index in [2.05, 4.69) is 30.1 Å². The molecule has 0 aliphatic carbocycles. The first-order valence-corrected chi connectivity index (χ1v) is 14.2. The fourth-order valence-corrected chi connectivity index (χ4v) is 5.80. The number of aromatic amines is 4. The van der Waals surface area contributed by atoms with Crippen LogP contribution in [0.15, 0.2) is 76.3 Å². The summed E-state index contributed by atoms with van der Waals surface area (Å²) < 4.78 is 14.2. The molecule has 0 bridgehead atoms. The number of para-hydroxylation sites is 4. The summed E-state index contributed by atoms with van der Waals surface area (Å²) in [5.74, 6) is 0.973. The number of benzene rings is 3. The number of methoxy groups -OCH3 is 1. The normalized spacial score (nSPS) is 11.7. The van der Waals surface area contributed by atoms with Gasteiger partial charge in [-0.2, -0.15) is 9.36 Å². The predicted molar refractivity (Wildman–Crippen MR) is 167 cm³/mol. The Kier molecular flexibility index (Phi) is 6.46. The number of aromatic nitrogens is 8. The molecular formula is C32H30N8O4. The van der Waals surface area contributed by atoms with Crippen LogP contribution in [0.1, 0.15) is 40.9 Å². The molecule has 0 radical (unpaired) electrons. The first kappa shape index (κ1) is 27.1. The number of aryl methyl sites for hydroxylation is 2. The van der Waals surface area contributed by atoms with Crippen molar-refractivity contribution >= 4 is 22.1 Å². The van der Waals surface area contributed by atoms with Crippen LogP contribution in [0.5, 0.6) is 11.5 Å². The molecule has 4 heterocycles. The third-order valence-electron chi connectivity index (χ3n) is 7.81. The van der Waals surface area contributed by atoms with E-state index in [9.17, 15) is 9.59 Å². The number of fused-ring (bicyclic) bond motifs is 2. The van der Waals surface area contributed by atoms with Gasteiger partial charge < -0.3 is 19.4 Å². The molecule has 4 aromatic heterocycles. The highest BCUT2D eigenvalue weighted by molar-refractivity contribution is 5.76. The third kappa shape index (κ3) is 4.30. The Morgan fingerprint density at radius 3 is 1.75 bits per heavy atom. The zero-order valence-electron chi connectivity index (χ0n) is 24.6. The molecule has 0 spiro atoms. The molecule has 7 rings (SSSR count). The van der Waals surface area contributed by atoms with Crippen LogP contribution in [0, 0.1) is 13.8 Å². The van der Waals surface area contributed by atoms with Crippen molar-refractivity contribution in [3.05, 3.63) is 116 Å². The topological polar surface area (TPSA) is 151 Å². The van der Waals surface area contributed by atoms with Gasteiger partial charge in [-0.1, -0.05) is 30.3 Å². The molecule has 0 atom stereocenters. The second kappa shape index (κ2) is 10.5. The molecule has 0 amide bonds. The molecule has 7 aromatic rings. The lowest BCUT2D eigenvalue weighted by atomic mass is 9.85. The number of hydrogen-bond acceptors (Lipinski definition) is 6. The van der Waals surface area contributed by atoms with Crippen molar-refractivity contribution in [2.45, 2.75) is 26.7 Å². The minimum absolute atomic E-state index is 0.338. The summed E-state index contributed by atoms with van der Waals surface area (Å²) in [6.45, 7) is 5.98. The Hall–Kier alpha value is -5.78. The lowest BCUT2D eigenvalue weighted by Gasteiger charge is -2.18. The fraction of sp³-hybridized carbons (Fsp3) is 0.188. The van der Waals surface area contributed by atoms with Gasteiger partial charge in [0.25, 0.3) is 11.1 Å². The maximum absolute atomic E-state index is 14.3. The number of imidazole rings is 2.